The van der Waals surface area contributed by atoms with Gasteiger partial charge in [-0.1, -0.05) is 6.92 Å². The number of carbonyl (C=O) groups is 2. The number of ether oxygens (including phenoxy) is 1. The molecule has 1 amide bonds. The van der Waals surface area contributed by atoms with E-state index in [4.69, 9.17) is 5.73 Å². The summed E-state index contributed by atoms with van der Waals surface area (Å²) in [5.41, 5.74) is 6.29. The van der Waals surface area contributed by atoms with Gasteiger partial charge in [0.1, 0.15) is 5.82 Å². The number of hydrogen-bond acceptors (Lipinski definition) is 5. The van der Waals surface area contributed by atoms with Crippen LogP contribution in [-0.4, -0.2) is 31.4 Å². The van der Waals surface area contributed by atoms with Gasteiger partial charge in [0.15, 0.2) is 6.61 Å². The molecule has 0 aliphatic carbocycles. The third kappa shape index (κ3) is 7.75. The molecule has 0 fully saturated rings. The Morgan fingerprint density at radius 2 is 2.00 bits per heavy atom. The van der Waals surface area contributed by atoms with Crippen molar-refractivity contribution < 1.29 is 27.5 Å². The number of allylic oxidation sites excluding steroid dienone is 3. The molecule has 0 unspecified atom stereocenters. The summed E-state index contributed by atoms with van der Waals surface area (Å²) in [6.45, 7) is 4.63. The van der Waals surface area contributed by atoms with E-state index >= 15 is 0 Å². The molecule has 21 heavy (non-hydrogen) atoms. The normalized spacial score (nSPS) is 13.3. The smallest absolute Gasteiger partial charge is 0.422 e. The fraction of sp³-hybridized carbons (Fsp3) is 0.417. The van der Waals surface area contributed by atoms with Crippen LogP contribution in [0.3, 0.4) is 0 Å². The summed E-state index contributed by atoms with van der Waals surface area (Å²) >= 11 is 0. The maximum absolute atomic E-state index is 11.8. The molecule has 0 aliphatic rings. The minimum atomic E-state index is -4.69. The number of alkyl halides is 3. The molecule has 0 spiro atoms. The molecular formula is C12H16F3N3O3. The summed E-state index contributed by atoms with van der Waals surface area (Å²) in [4.78, 5) is 25.9. The first-order chi connectivity index (χ1) is 9.60. The molecule has 118 valence electrons. The number of rotatable bonds is 5. The third-order valence-electron chi connectivity index (χ3n) is 2.13. The summed E-state index contributed by atoms with van der Waals surface area (Å²) in [5.74, 6) is -2.80. The first-order valence-electron chi connectivity index (χ1n) is 5.79. The lowest BCUT2D eigenvalue weighted by Gasteiger charge is -2.09. The summed E-state index contributed by atoms with van der Waals surface area (Å²) in [7, 11) is 0. The van der Waals surface area contributed by atoms with E-state index in [1.54, 1.807) is 6.92 Å². The zero-order valence-electron chi connectivity index (χ0n) is 11.6. The van der Waals surface area contributed by atoms with Crippen LogP contribution in [0.4, 0.5) is 13.2 Å². The highest BCUT2D eigenvalue weighted by molar-refractivity contribution is 6.32. The monoisotopic (exact) mass is 307 g/mol. The maximum atomic E-state index is 11.8. The Morgan fingerprint density at radius 3 is 2.43 bits per heavy atom. The average Bonchev–Trinajstić information content (AvgIpc) is 2.40. The van der Waals surface area contributed by atoms with Crippen LogP contribution in [0.25, 0.3) is 0 Å². The topological polar surface area (TPSA) is 93.8 Å². The molecule has 0 atom stereocenters. The van der Waals surface area contributed by atoms with Crippen molar-refractivity contribution in [3.8, 4) is 0 Å². The Bertz CT molecular complexity index is 482. The van der Waals surface area contributed by atoms with Crippen molar-refractivity contribution in [1.29, 1.82) is 0 Å². The van der Waals surface area contributed by atoms with E-state index < -0.39 is 24.7 Å². The van der Waals surface area contributed by atoms with E-state index in [1.165, 1.54) is 13.0 Å². The predicted octanol–water partition coefficient (Wildman–Crippen LogP) is 1.39. The lowest BCUT2D eigenvalue weighted by molar-refractivity contribution is -0.187. The van der Waals surface area contributed by atoms with Gasteiger partial charge in [-0.2, -0.15) is 13.2 Å². The maximum Gasteiger partial charge on any atom is 0.422 e. The fourth-order valence-corrected chi connectivity index (χ4v) is 1.20. The molecule has 3 N–H and O–H groups in total. The van der Waals surface area contributed by atoms with Crippen LogP contribution >= 0.6 is 0 Å². The Balaban J connectivity index is 4.71. The second kappa shape index (κ2) is 8.08. The third-order valence-corrected chi connectivity index (χ3v) is 2.13. The molecule has 0 aliphatic heterocycles. The van der Waals surface area contributed by atoms with E-state index in [-0.39, 0.29) is 11.5 Å². The molecular weight excluding hydrogens is 291 g/mol. The number of esters is 1. The second-order valence-electron chi connectivity index (χ2n) is 3.89. The highest BCUT2D eigenvalue weighted by Gasteiger charge is 2.31. The Labute approximate surface area is 119 Å². The largest absolute Gasteiger partial charge is 0.449 e. The molecule has 0 saturated heterocycles. The lowest BCUT2D eigenvalue weighted by Crippen LogP contribution is -2.33. The number of amides is 1. The number of nitrogens with one attached hydrogen (secondary N) is 1. The molecule has 0 heterocycles. The highest BCUT2D eigenvalue weighted by Crippen LogP contribution is 2.14. The molecule has 0 aromatic heterocycles. The lowest BCUT2D eigenvalue weighted by atomic mass is 10.1. The van der Waals surface area contributed by atoms with Crippen LogP contribution in [0.1, 0.15) is 20.3 Å². The SMILES string of the molecule is C=N/C(N)=C(\C=C(/C)NC(=O)C(=O)OCC(F)(F)F)CC. The van der Waals surface area contributed by atoms with Gasteiger partial charge in [0.2, 0.25) is 0 Å². The molecule has 0 saturated carbocycles. The molecule has 0 aromatic rings. The van der Waals surface area contributed by atoms with E-state index in [1.807, 2.05) is 0 Å². The van der Waals surface area contributed by atoms with Crippen molar-refractivity contribution >= 4 is 18.6 Å². The van der Waals surface area contributed by atoms with Crippen LogP contribution in [0.2, 0.25) is 0 Å². The van der Waals surface area contributed by atoms with Gasteiger partial charge in [-0.15, -0.1) is 0 Å². The minimum absolute atomic E-state index is 0.144. The fourth-order valence-electron chi connectivity index (χ4n) is 1.20. The number of nitrogens with two attached hydrogens (primary N) is 1. The van der Waals surface area contributed by atoms with Gasteiger partial charge < -0.3 is 15.8 Å². The molecule has 6 nitrogen and oxygen atoms in total. The molecule has 9 heteroatoms. The van der Waals surface area contributed by atoms with Crippen LogP contribution in [0.15, 0.2) is 28.2 Å². The van der Waals surface area contributed by atoms with Gasteiger partial charge in [0.25, 0.3) is 0 Å². The minimum Gasteiger partial charge on any atom is -0.449 e. The van der Waals surface area contributed by atoms with Gasteiger partial charge in [-0.3, -0.25) is 4.79 Å². The van der Waals surface area contributed by atoms with Gasteiger partial charge >= 0.3 is 18.1 Å². The standard InChI is InChI=1S/C12H16F3N3O3/c1-4-8(9(16)17-3)5-7(2)18-10(19)11(20)21-6-12(13,14)15/h5H,3-4,6,16H2,1-2H3,(H,18,19)/b7-5+,9-8-. The summed E-state index contributed by atoms with van der Waals surface area (Å²) in [6, 6.07) is 0. The van der Waals surface area contributed by atoms with E-state index in [9.17, 15) is 22.8 Å². The van der Waals surface area contributed by atoms with Gasteiger partial charge in [0, 0.05) is 5.70 Å². The van der Waals surface area contributed by atoms with Crippen LogP contribution in [0.5, 0.6) is 0 Å². The molecule has 0 radical (unpaired) electrons. The number of nitrogens with zero attached hydrogens (tertiary/aromatic N) is 1. The van der Waals surface area contributed by atoms with E-state index in [0.29, 0.717) is 12.0 Å². The zero-order chi connectivity index (χ0) is 16.6. The van der Waals surface area contributed by atoms with Gasteiger partial charge in [0.05, 0.1) is 0 Å². The number of hydrogen-bond donors (Lipinski definition) is 2. The number of halogens is 3. The Morgan fingerprint density at radius 1 is 1.43 bits per heavy atom. The van der Waals surface area contributed by atoms with Crippen molar-refractivity contribution in [1.82, 2.24) is 5.32 Å². The molecule has 0 aromatic carbocycles. The first kappa shape index (κ1) is 18.7. The quantitative estimate of drug-likeness (QED) is 0.347. The van der Waals surface area contributed by atoms with E-state index in [0.717, 1.165) is 0 Å². The molecule has 0 rings (SSSR count). The van der Waals surface area contributed by atoms with Crippen LogP contribution in [-0.2, 0) is 14.3 Å². The van der Waals surface area contributed by atoms with Crippen LogP contribution < -0.4 is 11.1 Å². The summed E-state index contributed by atoms with van der Waals surface area (Å²) in [6.07, 6.45) is -2.78. The summed E-state index contributed by atoms with van der Waals surface area (Å²) < 4.78 is 39.3. The van der Waals surface area contributed by atoms with E-state index in [2.05, 4.69) is 21.8 Å². The van der Waals surface area contributed by atoms with Gasteiger partial charge in [-0.05, 0) is 31.7 Å². The average molecular weight is 307 g/mol. The second-order valence-corrected chi connectivity index (χ2v) is 3.89. The number of carbonyl (C=O) groups excluding carboxylic acids is 2. The van der Waals surface area contributed by atoms with Crippen LogP contribution in [0, 0.1) is 0 Å². The number of aliphatic imine (C=N–C) groups is 1. The highest BCUT2D eigenvalue weighted by atomic mass is 19.4. The predicted molar refractivity (Wildman–Crippen MR) is 70.0 cm³/mol. The van der Waals surface area contributed by atoms with Crippen molar-refractivity contribution in [3.05, 3.63) is 23.2 Å². The van der Waals surface area contributed by atoms with Crippen molar-refractivity contribution in [2.45, 2.75) is 26.4 Å². The zero-order valence-corrected chi connectivity index (χ0v) is 11.6. The van der Waals surface area contributed by atoms with Crippen molar-refractivity contribution in [2.24, 2.45) is 10.7 Å². The molecule has 0 bridgehead atoms. The van der Waals surface area contributed by atoms with Gasteiger partial charge in [-0.25, -0.2) is 9.79 Å². The Kier molecular flexibility index (Phi) is 7.18. The van der Waals surface area contributed by atoms with Crippen molar-refractivity contribution in [3.63, 3.8) is 0 Å². The first-order valence-corrected chi connectivity index (χ1v) is 5.79. The Hall–Kier alpha value is -2.32. The summed E-state index contributed by atoms with van der Waals surface area (Å²) in [5, 5.41) is 2.09. The van der Waals surface area contributed by atoms with Crippen molar-refractivity contribution in [2.75, 3.05) is 6.61 Å².